The summed E-state index contributed by atoms with van der Waals surface area (Å²) in [4.78, 5) is 20.7. The van der Waals surface area contributed by atoms with Gasteiger partial charge in [-0.25, -0.2) is 9.97 Å². The van der Waals surface area contributed by atoms with E-state index in [1.807, 2.05) is 54.4 Å². The molecule has 8 heteroatoms. The number of hydrogen-bond acceptors (Lipinski definition) is 5. The van der Waals surface area contributed by atoms with Crippen LogP contribution in [0.1, 0.15) is 30.4 Å². The van der Waals surface area contributed by atoms with Crippen LogP contribution >= 0.6 is 0 Å². The van der Waals surface area contributed by atoms with Crippen LogP contribution in [0.15, 0.2) is 49.3 Å². The number of benzene rings is 1. The first-order valence-electron chi connectivity index (χ1n) is 8.60. The first-order chi connectivity index (χ1) is 13.0. The van der Waals surface area contributed by atoms with Crippen LogP contribution in [0.5, 0.6) is 0 Å². The van der Waals surface area contributed by atoms with Crippen LogP contribution in [0.2, 0.25) is 0 Å². The summed E-state index contributed by atoms with van der Waals surface area (Å²) in [7, 11) is 1.94. The zero-order valence-electron chi connectivity index (χ0n) is 15.3. The number of nitrogens with one attached hydrogen (secondary N) is 1. The Bertz CT molecular complexity index is 1130. The average Bonchev–Trinajstić information content (AvgIpc) is 3.30. The molecule has 0 saturated heterocycles. The molecule has 4 aromatic rings. The highest BCUT2D eigenvalue weighted by Crippen LogP contribution is 2.24. The normalized spacial score (nSPS) is 11.3. The van der Waals surface area contributed by atoms with E-state index < -0.39 is 0 Å². The maximum absolute atomic E-state index is 12.4. The van der Waals surface area contributed by atoms with E-state index in [9.17, 15) is 4.79 Å². The molecular formula is C19H19N7O. The van der Waals surface area contributed by atoms with Gasteiger partial charge in [0.1, 0.15) is 5.69 Å². The molecule has 0 radical (unpaired) electrons. The van der Waals surface area contributed by atoms with E-state index in [0.717, 1.165) is 22.2 Å². The number of hydrogen-bond donors (Lipinski definition) is 1. The molecule has 0 unspecified atom stereocenters. The zero-order chi connectivity index (χ0) is 19.0. The smallest absolute Gasteiger partial charge is 0.277 e. The first-order valence-corrected chi connectivity index (χ1v) is 8.60. The molecule has 1 aromatic carbocycles. The van der Waals surface area contributed by atoms with Gasteiger partial charge in [0.25, 0.3) is 5.91 Å². The van der Waals surface area contributed by atoms with Crippen molar-refractivity contribution in [2.45, 2.75) is 19.9 Å². The molecule has 0 saturated carbocycles. The largest absolute Gasteiger partial charge is 0.334 e. The molecule has 136 valence electrons. The van der Waals surface area contributed by atoms with Crippen molar-refractivity contribution in [3.63, 3.8) is 0 Å². The average molecular weight is 361 g/mol. The van der Waals surface area contributed by atoms with Crippen molar-refractivity contribution in [3.8, 4) is 11.3 Å². The van der Waals surface area contributed by atoms with Gasteiger partial charge in [-0.15, -0.1) is 10.2 Å². The SMILES string of the molecule is CC(C)n1cnc(C(=O)Nc2cc3cc(-c4cncn4C)ccc3nn2)c1. The summed E-state index contributed by atoms with van der Waals surface area (Å²) in [6.45, 7) is 4.05. The van der Waals surface area contributed by atoms with Gasteiger partial charge in [-0.2, -0.15) is 0 Å². The molecule has 0 atom stereocenters. The van der Waals surface area contributed by atoms with Crippen LogP contribution < -0.4 is 5.32 Å². The van der Waals surface area contributed by atoms with Crippen molar-refractivity contribution in [3.05, 3.63) is 55.0 Å². The highest BCUT2D eigenvalue weighted by Gasteiger charge is 2.12. The fraction of sp³-hybridized carbons (Fsp3) is 0.211. The van der Waals surface area contributed by atoms with Crippen molar-refractivity contribution < 1.29 is 4.79 Å². The van der Waals surface area contributed by atoms with Crippen molar-refractivity contribution in [1.82, 2.24) is 29.3 Å². The van der Waals surface area contributed by atoms with Crippen molar-refractivity contribution >= 4 is 22.6 Å². The van der Waals surface area contributed by atoms with E-state index in [-0.39, 0.29) is 11.9 Å². The minimum Gasteiger partial charge on any atom is -0.334 e. The molecular weight excluding hydrogens is 342 g/mol. The standard InChI is InChI=1S/C19H19N7O/c1-12(2)26-9-16(21-11-26)19(27)22-18-7-14-6-13(4-5-15(14)23-24-18)17-8-20-10-25(17)3/h4-12H,1-3H3,(H,22,24,27). The molecule has 0 spiro atoms. The van der Waals surface area contributed by atoms with Crippen LogP contribution in [-0.2, 0) is 7.05 Å². The molecule has 3 heterocycles. The third-order valence-corrected chi connectivity index (χ3v) is 4.37. The Kier molecular flexibility index (Phi) is 4.15. The molecule has 1 N–H and O–H groups in total. The number of aromatic nitrogens is 6. The molecule has 0 aliphatic heterocycles. The monoisotopic (exact) mass is 361 g/mol. The Morgan fingerprint density at radius 3 is 2.70 bits per heavy atom. The van der Waals surface area contributed by atoms with Gasteiger partial charge < -0.3 is 14.5 Å². The first kappa shape index (κ1) is 16.9. The maximum Gasteiger partial charge on any atom is 0.277 e. The third-order valence-electron chi connectivity index (χ3n) is 4.37. The van der Waals surface area contributed by atoms with Gasteiger partial charge in [-0.3, -0.25) is 4.79 Å². The molecule has 0 aliphatic carbocycles. The minimum atomic E-state index is -0.314. The summed E-state index contributed by atoms with van der Waals surface area (Å²) in [5, 5.41) is 11.9. The fourth-order valence-electron chi connectivity index (χ4n) is 2.82. The third kappa shape index (κ3) is 3.29. The van der Waals surface area contributed by atoms with Crippen LogP contribution in [0.25, 0.3) is 22.2 Å². The molecule has 8 nitrogen and oxygen atoms in total. The predicted molar refractivity (Wildman–Crippen MR) is 102 cm³/mol. The van der Waals surface area contributed by atoms with E-state index in [2.05, 4.69) is 25.5 Å². The molecule has 27 heavy (non-hydrogen) atoms. The number of imidazole rings is 2. The second-order valence-corrected chi connectivity index (χ2v) is 6.65. The van der Waals surface area contributed by atoms with E-state index in [1.165, 1.54) is 0 Å². The summed E-state index contributed by atoms with van der Waals surface area (Å²) >= 11 is 0. The van der Waals surface area contributed by atoms with E-state index in [4.69, 9.17) is 0 Å². The lowest BCUT2D eigenvalue weighted by atomic mass is 10.1. The lowest BCUT2D eigenvalue weighted by molar-refractivity contribution is 0.102. The van der Waals surface area contributed by atoms with Crippen LogP contribution in [-0.4, -0.2) is 35.2 Å². The van der Waals surface area contributed by atoms with Crippen molar-refractivity contribution in [2.24, 2.45) is 7.05 Å². The Balaban J connectivity index is 1.62. The van der Waals surface area contributed by atoms with Crippen LogP contribution in [0.3, 0.4) is 0 Å². The van der Waals surface area contributed by atoms with Gasteiger partial charge in [-0.1, -0.05) is 6.07 Å². The molecule has 0 bridgehead atoms. The van der Waals surface area contributed by atoms with Gasteiger partial charge in [0, 0.05) is 30.2 Å². The summed E-state index contributed by atoms with van der Waals surface area (Å²) in [6, 6.07) is 7.93. The molecule has 0 fully saturated rings. The van der Waals surface area contributed by atoms with Gasteiger partial charge in [0.2, 0.25) is 0 Å². The molecule has 0 aliphatic rings. The Morgan fingerprint density at radius 2 is 2.00 bits per heavy atom. The van der Waals surface area contributed by atoms with E-state index in [0.29, 0.717) is 11.5 Å². The van der Waals surface area contributed by atoms with Gasteiger partial charge in [0.05, 0.1) is 30.1 Å². The Morgan fingerprint density at radius 1 is 1.15 bits per heavy atom. The number of fused-ring (bicyclic) bond motifs is 1. The number of carbonyl (C=O) groups excluding carboxylic acids is 1. The Hall–Kier alpha value is -3.55. The fourth-order valence-corrected chi connectivity index (χ4v) is 2.82. The van der Waals surface area contributed by atoms with Gasteiger partial charge in [-0.05, 0) is 32.0 Å². The van der Waals surface area contributed by atoms with Crippen LogP contribution in [0.4, 0.5) is 5.82 Å². The quantitative estimate of drug-likeness (QED) is 0.603. The molecule has 4 rings (SSSR count). The summed E-state index contributed by atoms with van der Waals surface area (Å²) in [5.41, 5.74) is 3.11. The van der Waals surface area contributed by atoms with Crippen LogP contribution in [0, 0.1) is 0 Å². The topological polar surface area (TPSA) is 90.5 Å². The number of anilines is 1. The van der Waals surface area contributed by atoms with Crippen molar-refractivity contribution in [1.29, 1.82) is 0 Å². The zero-order valence-corrected chi connectivity index (χ0v) is 15.3. The van der Waals surface area contributed by atoms with Gasteiger partial charge >= 0.3 is 0 Å². The predicted octanol–water partition coefficient (Wildman–Crippen LogP) is 3.06. The number of nitrogens with zero attached hydrogens (tertiary/aromatic N) is 6. The lowest BCUT2D eigenvalue weighted by Crippen LogP contribution is -2.14. The molecule has 1 amide bonds. The summed E-state index contributed by atoms with van der Waals surface area (Å²) in [6.07, 6.45) is 6.93. The highest BCUT2D eigenvalue weighted by atomic mass is 16.2. The number of amides is 1. The summed E-state index contributed by atoms with van der Waals surface area (Å²) in [5.74, 6) is 0.0691. The molecule has 3 aromatic heterocycles. The summed E-state index contributed by atoms with van der Waals surface area (Å²) < 4.78 is 3.82. The minimum absolute atomic E-state index is 0.241. The highest BCUT2D eigenvalue weighted by molar-refractivity contribution is 6.02. The van der Waals surface area contributed by atoms with Crippen molar-refractivity contribution in [2.75, 3.05) is 5.32 Å². The second-order valence-electron chi connectivity index (χ2n) is 6.65. The maximum atomic E-state index is 12.4. The van der Waals surface area contributed by atoms with Gasteiger partial charge in [0.15, 0.2) is 5.82 Å². The lowest BCUT2D eigenvalue weighted by Gasteiger charge is -2.06. The van der Waals surface area contributed by atoms with E-state index in [1.54, 1.807) is 24.9 Å². The number of carbonyl (C=O) groups is 1. The van der Waals surface area contributed by atoms with E-state index >= 15 is 0 Å². The number of aryl methyl sites for hydroxylation is 1. The number of rotatable bonds is 4. The second kappa shape index (κ2) is 6.64. The Labute approximate surface area is 155 Å².